The van der Waals surface area contributed by atoms with Gasteiger partial charge in [0.25, 0.3) is 0 Å². The average molecular weight is 402 g/mol. The second-order valence-electron chi connectivity index (χ2n) is 7.62. The Morgan fingerprint density at radius 1 is 1.07 bits per heavy atom. The predicted octanol–water partition coefficient (Wildman–Crippen LogP) is 4.56. The maximum absolute atomic E-state index is 12.8. The molecule has 1 N–H and O–H groups in total. The zero-order valence-corrected chi connectivity index (χ0v) is 17.5. The van der Waals surface area contributed by atoms with Gasteiger partial charge in [-0.3, -0.25) is 4.79 Å². The average Bonchev–Trinajstić information content (AvgIpc) is 3.17. The number of rotatable bonds is 7. The minimum absolute atomic E-state index is 0.00650. The number of carbonyl (C=O) groups excluding carboxylic acids is 1. The van der Waals surface area contributed by atoms with Crippen LogP contribution in [0.25, 0.3) is 21.7 Å². The number of amides is 1. The Hall–Kier alpha value is -3.31. The number of furan rings is 1. The Bertz CT molecular complexity index is 1180. The van der Waals surface area contributed by atoms with Crippen LogP contribution >= 0.6 is 0 Å². The van der Waals surface area contributed by atoms with Crippen LogP contribution < -0.4 is 10.1 Å². The van der Waals surface area contributed by atoms with Crippen LogP contribution in [0.2, 0.25) is 0 Å². The van der Waals surface area contributed by atoms with E-state index >= 15 is 0 Å². The van der Waals surface area contributed by atoms with E-state index in [9.17, 15) is 4.79 Å². The van der Waals surface area contributed by atoms with Crippen LogP contribution in [-0.2, 0) is 11.2 Å². The molecule has 0 aliphatic rings. The van der Waals surface area contributed by atoms with Gasteiger partial charge in [-0.05, 0) is 37.0 Å². The quantitative estimate of drug-likeness (QED) is 0.493. The number of hydrogen-bond donors (Lipinski definition) is 1. The minimum atomic E-state index is -0.0348. The van der Waals surface area contributed by atoms with Crippen LogP contribution in [0.3, 0.4) is 0 Å². The Morgan fingerprint density at radius 3 is 2.63 bits per heavy atom. The van der Waals surface area contributed by atoms with Crippen molar-refractivity contribution in [3.05, 3.63) is 78.1 Å². The van der Waals surface area contributed by atoms with Gasteiger partial charge in [-0.25, -0.2) is 0 Å². The molecule has 1 atom stereocenters. The first kappa shape index (κ1) is 20.0. The third-order valence-corrected chi connectivity index (χ3v) is 5.50. The van der Waals surface area contributed by atoms with Gasteiger partial charge in [0.15, 0.2) is 0 Å². The molecule has 0 fully saturated rings. The first-order valence-electron chi connectivity index (χ1n) is 10.0. The molecular formula is C25H26N2O3. The molecule has 3 aromatic carbocycles. The number of benzene rings is 3. The van der Waals surface area contributed by atoms with Gasteiger partial charge in [0.1, 0.15) is 11.3 Å². The summed E-state index contributed by atoms with van der Waals surface area (Å²) < 4.78 is 11.2. The summed E-state index contributed by atoms with van der Waals surface area (Å²) in [6, 6.07) is 20.1. The maximum Gasteiger partial charge on any atom is 0.224 e. The van der Waals surface area contributed by atoms with Gasteiger partial charge < -0.3 is 19.4 Å². The van der Waals surface area contributed by atoms with E-state index in [0.717, 1.165) is 38.6 Å². The van der Waals surface area contributed by atoms with Gasteiger partial charge in [0, 0.05) is 23.1 Å². The van der Waals surface area contributed by atoms with Crippen LogP contribution in [0.1, 0.15) is 17.2 Å². The Kier molecular flexibility index (Phi) is 5.72. The van der Waals surface area contributed by atoms with Crippen molar-refractivity contribution in [2.75, 3.05) is 27.7 Å². The summed E-state index contributed by atoms with van der Waals surface area (Å²) in [6.07, 6.45) is 1.97. The summed E-state index contributed by atoms with van der Waals surface area (Å²) in [6.45, 7) is 0.489. The van der Waals surface area contributed by atoms with Crippen LogP contribution in [-0.4, -0.2) is 38.6 Å². The monoisotopic (exact) mass is 402 g/mol. The first-order chi connectivity index (χ1) is 14.6. The molecule has 0 aliphatic carbocycles. The number of methoxy groups -OCH3 is 1. The summed E-state index contributed by atoms with van der Waals surface area (Å²) in [4.78, 5) is 14.9. The van der Waals surface area contributed by atoms with Gasteiger partial charge in [-0.15, -0.1) is 0 Å². The molecule has 1 amide bonds. The van der Waals surface area contributed by atoms with E-state index in [1.807, 2.05) is 62.6 Å². The van der Waals surface area contributed by atoms with Gasteiger partial charge >= 0.3 is 0 Å². The number of nitrogens with one attached hydrogen (secondary N) is 1. The highest BCUT2D eigenvalue weighted by Crippen LogP contribution is 2.30. The SMILES string of the molecule is COc1ccccc1[C@H](CNC(=O)Cc1coc2ccc3ccccc3c12)N(C)C. The molecule has 0 bridgehead atoms. The predicted molar refractivity (Wildman–Crippen MR) is 120 cm³/mol. The zero-order chi connectivity index (χ0) is 21.1. The van der Waals surface area contributed by atoms with E-state index in [1.165, 1.54) is 0 Å². The van der Waals surface area contributed by atoms with Crippen molar-refractivity contribution in [1.82, 2.24) is 10.2 Å². The third-order valence-electron chi connectivity index (χ3n) is 5.50. The molecule has 4 rings (SSSR count). The number of likely N-dealkylation sites (N-methyl/N-ethyl adjacent to an activating group) is 1. The number of fused-ring (bicyclic) bond motifs is 3. The van der Waals surface area contributed by atoms with Gasteiger partial charge in [0.05, 0.1) is 25.8 Å². The zero-order valence-electron chi connectivity index (χ0n) is 17.5. The van der Waals surface area contributed by atoms with Gasteiger partial charge in [-0.2, -0.15) is 0 Å². The number of hydrogen-bond acceptors (Lipinski definition) is 4. The number of ether oxygens (including phenoxy) is 1. The molecule has 5 nitrogen and oxygen atoms in total. The fourth-order valence-electron chi connectivity index (χ4n) is 3.96. The van der Waals surface area contributed by atoms with Gasteiger partial charge in [-0.1, -0.05) is 48.5 Å². The summed E-state index contributed by atoms with van der Waals surface area (Å²) in [5.74, 6) is 0.783. The largest absolute Gasteiger partial charge is 0.496 e. The van der Waals surface area contributed by atoms with E-state index in [2.05, 4.69) is 22.3 Å². The Labute approximate surface area is 176 Å². The number of para-hydroxylation sites is 1. The molecule has 0 saturated heterocycles. The molecular weight excluding hydrogens is 376 g/mol. The van der Waals surface area contributed by atoms with E-state index in [0.29, 0.717) is 6.54 Å². The third kappa shape index (κ3) is 3.89. The van der Waals surface area contributed by atoms with Crippen molar-refractivity contribution in [3.8, 4) is 5.75 Å². The smallest absolute Gasteiger partial charge is 0.224 e. The molecule has 0 spiro atoms. The number of nitrogens with zero attached hydrogens (tertiary/aromatic N) is 1. The number of carbonyl (C=O) groups is 1. The second-order valence-corrected chi connectivity index (χ2v) is 7.62. The van der Waals surface area contributed by atoms with E-state index < -0.39 is 0 Å². The first-order valence-corrected chi connectivity index (χ1v) is 10.0. The molecule has 0 radical (unpaired) electrons. The Balaban J connectivity index is 1.53. The molecule has 30 heavy (non-hydrogen) atoms. The van der Waals surface area contributed by atoms with Crippen molar-refractivity contribution in [3.63, 3.8) is 0 Å². The highest BCUT2D eigenvalue weighted by molar-refractivity contribution is 6.08. The van der Waals surface area contributed by atoms with Crippen LogP contribution in [0.5, 0.6) is 5.75 Å². The fourth-order valence-corrected chi connectivity index (χ4v) is 3.96. The van der Waals surface area contributed by atoms with Gasteiger partial charge in [0.2, 0.25) is 5.91 Å². The molecule has 0 aliphatic heterocycles. The van der Waals surface area contributed by atoms with E-state index in [-0.39, 0.29) is 18.4 Å². The van der Waals surface area contributed by atoms with Crippen molar-refractivity contribution in [2.24, 2.45) is 0 Å². The lowest BCUT2D eigenvalue weighted by Gasteiger charge is -2.26. The van der Waals surface area contributed by atoms with E-state index in [4.69, 9.17) is 9.15 Å². The lowest BCUT2D eigenvalue weighted by atomic mass is 10.0. The lowest BCUT2D eigenvalue weighted by molar-refractivity contribution is -0.120. The maximum atomic E-state index is 12.8. The van der Waals surface area contributed by atoms with Crippen LogP contribution in [0.15, 0.2) is 71.3 Å². The molecule has 1 aromatic heterocycles. The van der Waals surface area contributed by atoms with Crippen LogP contribution in [0.4, 0.5) is 0 Å². The summed E-state index contributed by atoms with van der Waals surface area (Å²) in [5, 5.41) is 6.34. The normalized spacial score (nSPS) is 12.4. The lowest BCUT2D eigenvalue weighted by Crippen LogP contribution is -2.35. The highest BCUT2D eigenvalue weighted by Gasteiger charge is 2.20. The highest BCUT2D eigenvalue weighted by atomic mass is 16.5. The van der Waals surface area contributed by atoms with Crippen molar-refractivity contribution in [2.45, 2.75) is 12.5 Å². The standard InChI is InChI=1S/C25H26N2O3/c1-27(2)21(20-10-6-7-11-22(20)29-3)15-26-24(28)14-18-16-30-23-13-12-17-8-4-5-9-19(17)25(18)23/h4-13,16,21H,14-15H2,1-3H3,(H,26,28)/t21-/m0/s1. The fraction of sp³-hybridized carbons (Fsp3) is 0.240. The molecule has 4 aromatic rings. The molecule has 1 heterocycles. The second kappa shape index (κ2) is 8.59. The van der Waals surface area contributed by atoms with Crippen molar-refractivity contribution in [1.29, 1.82) is 0 Å². The van der Waals surface area contributed by atoms with Crippen molar-refractivity contribution < 1.29 is 13.9 Å². The summed E-state index contributed by atoms with van der Waals surface area (Å²) in [7, 11) is 5.66. The summed E-state index contributed by atoms with van der Waals surface area (Å²) in [5.41, 5.74) is 2.75. The Morgan fingerprint density at radius 2 is 1.83 bits per heavy atom. The van der Waals surface area contributed by atoms with E-state index in [1.54, 1.807) is 13.4 Å². The molecule has 154 valence electrons. The molecule has 0 saturated carbocycles. The molecule has 5 heteroatoms. The molecule has 0 unspecified atom stereocenters. The van der Waals surface area contributed by atoms with Crippen molar-refractivity contribution >= 4 is 27.6 Å². The summed E-state index contributed by atoms with van der Waals surface area (Å²) >= 11 is 0. The topological polar surface area (TPSA) is 54.7 Å². The minimum Gasteiger partial charge on any atom is -0.496 e. The van der Waals surface area contributed by atoms with Crippen LogP contribution in [0, 0.1) is 0 Å².